The topological polar surface area (TPSA) is 79.9 Å². The van der Waals surface area contributed by atoms with Crippen LogP contribution in [0.4, 0.5) is 11.4 Å². The Morgan fingerprint density at radius 2 is 1.82 bits per heavy atom. The van der Waals surface area contributed by atoms with E-state index in [-0.39, 0.29) is 18.2 Å². The molecule has 1 heterocycles. The fourth-order valence-corrected chi connectivity index (χ4v) is 4.01. The molecule has 7 nitrogen and oxygen atoms in total. The highest BCUT2D eigenvalue weighted by atomic mass is 79.9. The Labute approximate surface area is 207 Å². The van der Waals surface area contributed by atoms with Crippen molar-refractivity contribution in [1.29, 1.82) is 0 Å². The van der Waals surface area contributed by atoms with Crippen LogP contribution in [0, 0.1) is 12.8 Å². The van der Waals surface area contributed by atoms with E-state index in [2.05, 4.69) is 26.8 Å². The van der Waals surface area contributed by atoms with Crippen molar-refractivity contribution in [1.82, 2.24) is 5.43 Å². The highest BCUT2D eigenvalue weighted by molar-refractivity contribution is 9.10. The second-order valence-corrected chi connectivity index (χ2v) is 9.02. The summed E-state index contributed by atoms with van der Waals surface area (Å²) >= 11 is 3.43. The summed E-state index contributed by atoms with van der Waals surface area (Å²) in [5.41, 5.74) is 9.14. The van der Waals surface area contributed by atoms with Crippen LogP contribution in [-0.2, 0) is 16.2 Å². The molecule has 3 aromatic carbocycles. The average Bonchev–Trinajstić information content (AvgIpc) is 3.24. The number of nitrogens with one attached hydrogen (secondary N) is 2. The third kappa shape index (κ3) is 5.51. The molecule has 0 unspecified atom stereocenters. The molecule has 1 aliphatic rings. The minimum absolute atomic E-state index is 0.0658. The number of benzene rings is 3. The zero-order valence-corrected chi connectivity index (χ0v) is 20.6. The van der Waals surface area contributed by atoms with Gasteiger partial charge >= 0.3 is 0 Å². The minimum Gasteiger partial charge on any atom is -0.493 e. The summed E-state index contributed by atoms with van der Waals surface area (Å²) in [6.07, 6.45) is 0.159. The monoisotopic (exact) mass is 523 g/mol. The van der Waals surface area contributed by atoms with E-state index in [4.69, 9.17) is 9.47 Å². The first-order valence-electron chi connectivity index (χ1n) is 10.9. The van der Waals surface area contributed by atoms with Gasteiger partial charge in [-0.1, -0.05) is 51.8 Å². The summed E-state index contributed by atoms with van der Waals surface area (Å²) in [4.78, 5) is 27.0. The van der Waals surface area contributed by atoms with Crippen molar-refractivity contribution in [3.63, 3.8) is 0 Å². The van der Waals surface area contributed by atoms with E-state index in [1.807, 2.05) is 55.5 Å². The van der Waals surface area contributed by atoms with Gasteiger partial charge in [0.15, 0.2) is 11.5 Å². The van der Waals surface area contributed by atoms with Crippen molar-refractivity contribution in [2.75, 3.05) is 24.0 Å². The summed E-state index contributed by atoms with van der Waals surface area (Å²) in [5, 5.41) is 0. The van der Waals surface area contributed by atoms with Gasteiger partial charge in [0.2, 0.25) is 11.8 Å². The van der Waals surface area contributed by atoms with Crippen LogP contribution in [0.1, 0.15) is 17.5 Å². The number of aryl methyl sites for hydroxylation is 1. The zero-order valence-electron chi connectivity index (χ0n) is 19.0. The van der Waals surface area contributed by atoms with Gasteiger partial charge in [-0.05, 0) is 48.9 Å². The third-order valence-electron chi connectivity index (χ3n) is 5.66. The van der Waals surface area contributed by atoms with Crippen LogP contribution in [0.5, 0.6) is 11.5 Å². The zero-order chi connectivity index (χ0) is 24.1. The largest absolute Gasteiger partial charge is 0.493 e. The lowest BCUT2D eigenvalue weighted by atomic mass is 10.1. The smallest absolute Gasteiger partial charge is 0.243 e. The molecule has 34 heavy (non-hydrogen) atoms. The molecule has 8 heteroatoms. The number of hydrazine groups is 1. The summed E-state index contributed by atoms with van der Waals surface area (Å²) < 4.78 is 12.5. The number of nitrogens with zero attached hydrogens (tertiary/aromatic N) is 1. The average molecular weight is 524 g/mol. The van der Waals surface area contributed by atoms with E-state index >= 15 is 0 Å². The lowest BCUT2D eigenvalue weighted by molar-refractivity contribution is -0.125. The van der Waals surface area contributed by atoms with E-state index in [0.717, 1.165) is 21.3 Å². The van der Waals surface area contributed by atoms with Crippen LogP contribution >= 0.6 is 15.9 Å². The van der Waals surface area contributed by atoms with Crippen molar-refractivity contribution in [2.24, 2.45) is 5.92 Å². The van der Waals surface area contributed by atoms with Crippen molar-refractivity contribution in [3.8, 4) is 11.5 Å². The Bertz CT molecular complexity index is 1170. The Hall–Kier alpha value is -3.52. The molecule has 4 rings (SSSR count). The molecule has 0 bridgehead atoms. The number of rotatable bonds is 8. The van der Waals surface area contributed by atoms with Gasteiger partial charge in [-0.25, -0.2) is 0 Å². The molecule has 1 atom stereocenters. The molecule has 2 amide bonds. The molecular weight excluding hydrogens is 498 g/mol. The quantitative estimate of drug-likeness (QED) is 0.413. The van der Waals surface area contributed by atoms with E-state index in [1.54, 1.807) is 30.2 Å². The summed E-state index contributed by atoms with van der Waals surface area (Å²) in [6, 6.07) is 20.9. The van der Waals surface area contributed by atoms with Crippen LogP contribution in [-0.4, -0.2) is 25.5 Å². The van der Waals surface area contributed by atoms with E-state index in [0.29, 0.717) is 30.3 Å². The molecule has 2 N–H and O–H groups in total. The van der Waals surface area contributed by atoms with Crippen molar-refractivity contribution in [2.45, 2.75) is 20.0 Å². The second-order valence-electron chi connectivity index (χ2n) is 8.11. The number of halogens is 1. The third-order valence-corrected chi connectivity index (χ3v) is 6.19. The van der Waals surface area contributed by atoms with Crippen LogP contribution < -0.4 is 25.2 Å². The molecular formula is C26H26BrN3O4. The highest BCUT2D eigenvalue weighted by Gasteiger charge is 2.35. The number of methoxy groups -OCH3 is 1. The standard InChI is InChI=1S/C26H26BrN3O4/c1-17-6-12-21(13-7-17)30-15-19(14-24(30)31)26(32)29-28-22-4-3-5-23(33-2)25(22)34-16-18-8-10-20(27)11-9-18/h3-13,19,28H,14-16H2,1-2H3,(H,29,32)/t19-/m1/s1. The van der Waals surface area contributed by atoms with Crippen LogP contribution in [0.15, 0.2) is 71.2 Å². The fourth-order valence-electron chi connectivity index (χ4n) is 3.75. The number of para-hydroxylation sites is 1. The number of hydrogen-bond donors (Lipinski definition) is 2. The Balaban J connectivity index is 1.40. The maximum Gasteiger partial charge on any atom is 0.243 e. The first kappa shape index (κ1) is 23.6. The molecule has 176 valence electrons. The summed E-state index contributed by atoms with van der Waals surface area (Å²) in [5.74, 6) is 0.238. The molecule has 0 radical (unpaired) electrons. The van der Waals surface area contributed by atoms with Gasteiger partial charge in [0, 0.05) is 23.1 Å². The van der Waals surface area contributed by atoms with E-state index in [1.165, 1.54) is 0 Å². The Morgan fingerprint density at radius 3 is 2.53 bits per heavy atom. The van der Waals surface area contributed by atoms with Gasteiger partial charge in [0.05, 0.1) is 18.7 Å². The van der Waals surface area contributed by atoms with Crippen LogP contribution in [0.25, 0.3) is 0 Å². The van der Waals surface area contributed by atoms with Gasteiger partial charge in [-0.15, -0.1) is 0 Å². The molecule has 1 fully saturated rings. The summed E-state index contributed by atoms with van der Waals surface area (Å²) in [7, 11) is 1.56. The first-order valence-corrected chi connectivity index (χ1v) is 11.7. The van der Waals surface area contributed by atoms with Gasteiger partial charge in [-0.3, -0.25) is 20.4 Å². The number of anilines is 2. The predicted octanol–water partition coefficient (Wildman–Crippen LogP) is 4.84. The van der Waals surface area contributed by atoms with Gasteiger partial charge < -0.3 is 14.4 Å². The van der Waals surface area contributed by atoms with Gasteiger partial charge in [0.25, 0.3) is 0 Å². The molecule has 0 saturated carbocycles. The number of carbonyl (C=O) groups excluding carboxylic acids is 2. The Kier molecular flexibility index (Phi) is 7.37. The first-order chi connectivity index (χ1) is 16.4. The SMILES string of the molecule is COc1cccc(NNC(=O)[C@@H]2CC(=O)N(c3ccc(C)cc3)C2)c1OCc1ccc(Br)cc1. The van der Waals surface area contributed by atoms with E-state index in [9.17, 15) is 9.59 Å². The number of amides is 2. The minimum atomic E-state index is -0.459. The molecule has 1 aliphatic heterocycles. The maximum absolute atomic E-state index is 12.8. The number of ether oxygens (including phenoxy) is 2. The number of carbonyl (C=O) groups is 2. The van der Waals surface area contributed by atoms with Gasteiger partial charge in [-0.2, -0.15) is 0 Å². The second kappa shape index (κ2) is 10.6. The number of hydrogen-bond acceptors (Lipinski definition) is 5. The van der Waals surface area contributed by atoms with E-state index < -0.39 is 5.92 Å². The fraction of sp³-hybridized carbons (Fsp3) is 0.231. The molecule has 0 aliphatic carbocycles. The lowest BCUT2D eigenvalue weighted by Gasteiger charge is -2.19. The van der Waals surface area contributed by atoms with Crippen LogP contribution in [0.3, 0.4) is 0 Å². The summed E-state index contributed by atoms with van der Waals surface area (Å²) in [6.45, 7) is 2.66. The molecule has 0 spiro atoms. The normalized spacial score (nSPS) is 15.2. The molecule has 0 aromatic heterocycles. The maximum atomic E-state index is 12.8. The highest BCUT2D eigenvalue weighted by Crippen LogP contribution is 2.35. The predicted molar refractivity (Wildman–Crippen MR) is 135 cm³/mol. The van der Waals surface area contributed by atoms with Crippen molar-refractivity contribution < 1.29 is 19.1 Å². The van der Waals surface area contributed by atoms with Crippen molar-refractivity contribution >= 4 is 39.1 Å². The molecule has 3 aromatic rings. The van der Waals surface area contributed by atoms with Gasteiger partial charge in [0.1, 0.15) is 6.61 Å². The van der Waals surface area contributed by atoms with Crippen LogP contribution in [0.2, 0.25) is 0 Å². The Morgan fingerprint density at radius 1 is 1.09 bits per heavy atom. The molecule has 1 saturated heterocycles. The van der Waals surface area contributed by atoms with Crippen molar-refractivity contribution in [3.05, 3.63) is 82.3 Å². The lowest BCUT2D eigenvalue weighted by Crippen LogP contribution is -2.36.